The summed E-state index contributed by atoms with van der Waals surface area (Å²) in [5.74, 6) is 0.493. The van der Waals surface area contributed by atoms with Crippen LogP contribution in [0.4, 0.5) is 8.78 Å². The first-order valence-corrected chi connectivity index (χ1v) is 4.30. The van der Waals surface area contributed by atoms with Crippen molar-refractivity contribution in [2.75, 3.05) is 6.61 Å². The Morgan fingerprint density at radius 1 is 1.40 bits per heavy atom. The van der Waals surface area contributed by atoms with Crippen molar-refractivity contribution in [3.8, 4) is 5.75 Å². The Morgan fingerprint density at radius 2 is 2.00 bits per heavy atom. The minimum Gasteiger partial charge on any atom is -0.494 e. The van der Waals surface area contributed by atoms with Crippen LogP contribution < -0.4 is 4.74 Å². The van der Waals surface area contributed by atoms with E-state index in [0.717, 1.165) is 18.2 Å². The highest BCUT2D eigenvalue weighted by molar-refractivity contribution is 5.37. The molecule has 0 N–H and O–H groups in total. The quantitative estimate of drug-likeness (QED) is 0.437. The predicted octanol–water partition coefficient (Wildman–Crippen LogP) is 2.47. The lowest BCUT2D eigenvalue weighted by Crippen LogP contribution is -2.09. The molecule has 0 aliphatic heterocycles. The highest BCUT2D eigenvalue weighted by atomic mass is 19.3. The van der Waals surface area contributed by atoms with E-state index in [-0.39, 0.29) is 5.56 Å². The Hall–Kier alpha value is -1.74. The maximum absolute atomic E-state index is 13.0. The molecule has 0 radical (unpaired) electrons. The molecule has 80 valence electrons. The van der Waals surface area contributed by atoms with E-state index in [1.807, 2.05) is 0 Å². The third kappa shape index (κ3) is 2.86. The van der Waals surface area contributed by atoms with E-state index >= 15 is 0 Å². The van der Waals surface area contributed by atoms with Gasteiger partial charge in [-0.15, -0.1) is 4.99 Å². The molecule has 5 heteroatoms. The van der Waals surface area contributed by atoms with E-state index < -0.39 is 6.05 Å². The number of hydrogen-bond donors (Lipinski definition) is 0. The Bertz CT molecular complexity index is 370. The molecule has 0 unspecified atom stereocenters. The van der Waals surface area contributed by atoms with Gasteiger partial charge < -0.3 is 4.74 Å². The molecular weight excluding hydrogens is 204 g/mol. The Labute approximate surface area is 85.4 Å². The first-order valence-electron chi connectivity index (χ1n) is 4.30. The van der Waals surface area contributed by atoms with E-state index in [9.17, 15) is 13.6 Å². The van der Waals surface area contributed by atoms with Crippen LogP contribution in [0.3, 0.4) is 0 Å². The third-order valence-corrected chi connectivity index (χ3v) is 1.70. The lowest BCUT2D eigenvalue weighted by Gasteiger charge is -2.09. The molecule has 0 bridgehead atoms. The van der Waals surface area contributed by atoms with Gasteiger partial charge in [0.1, 0.15) is 5.75 Å². The number of carbonyl (C=O) groups excluding carboxylic acids is 1. The molecule has 0 aromatic heterocycles. The summed E-state index contributed by atoms with van der Waals surface area (Å²) in [4.78, 5) is 12.2. The number of nitrogens with zero attached hydrogens (tertiary/aromatic N) is 1. The molecule has 3 nitrogen and oxygen atoms in total. The molecule has 0 saturated heterocycles. The number of ether oxygens (including phenoxy) is 1. The summed E-state index contributed by atoms with van der Waals surface area (Å²) >= 11 is 0. The number of aliphatic imine (C=N–C) groups is 1. The van der Waals surface area contributed by atoms with Crippen LogP contribution >= 0.6 is 0 Å². The molecule has 15 heavy (non-hydrogen) atoms. The van der Waals surface area contributed by atoms with Crippen LogP contribution in [0, 0.1) is 0 Å². The maximum atomic E-state index is 13.0. The summed E-state index contributed by atoms with van der Waals surface area (Å²) in [6.07, 6.45) is 0.840. The van der Waals surface area contributed by atoms with Crippen LogP contribution in [0.1, 0.15) is 12.5 Å². The van der Waals surface area contributed by atoms with Crippen molar-refractivity contribution in [2.24, 2.45) is 4.99 Å². The van der Waals surface area contributed by atoms with Crippen LogP contribution in [0.2, 0.25) is 0 Å². The smallest absolute Gasteiger partial charge is 0.379 e. The van der Waals surface area contributed by atoms with E-state index in [2.05, 4.69) is 4.99 Å². The van der Waals surface area contributed by atoms with Crippen molar-refractivity contribution in [2.45, 2.75) is 13.0 Å². The van der Waals surface area contributed by atoms with Gasteiger partial charge in [0.05, 0.1) is 6.61 Å². The zero-order chi connectivity index (χ0) is 11.3. The fourth-order valence-electron chi connectivity index (χ4n) is 1.04. The number of halogens is 2. The van der Waals surface area contributed by atoms with Crippen molar-refractivity contribution in [1.82, 2.24) is 0 Å². The van der Waals surface area contributed by atoms with E-state index in [1.165, 1.54) is 12.1 Å². The van der Waals surface area contributed by atoms with Gasteiger partial charge in [-0.3, -0.25) is 0 Å². The lowest BCUT2D eigenvalue weighted by molar-refractivity contribution is 0.00613. The molecular formula is C10H9F2NO2. The fraction of sp³-hybridized carbons (Fsp3) is 0.300. The summed E-state index contributed by atoms with van der Waals surface area (Å²) in [6.45, 7) is 2.25. The van der Waals surface area contributed by atoms with Crippen molar-refractivity contribution in [1.29, 1.82) is 0 Å². The number of rotatable bonds is 4. The average molecular weight is 213 g/mol. The van der Waals surface area contributed by atoms with Crippen LogP contribution in [0.5, 0.6) is 5.75 Å². The second-order valence-electron chi connectivity index (χ2n) is 2.70. The van der Waals surface area contributed by atoms with E-state index in [4.69, 9.17) is 4.74 Å². The van der Waals surface area contributed by atoms with Gasteiger partial charge in [0.25, 0.3) is 0 Å². The molecule has 0 heterocycles. The summed E-state index contributed by atoms with van der Waals surface area (Å²) in [6, 6.07) is 1.59. The van der Waals surface area contributed by atoms with E-state index in [0.29, 0.717) is 12.4 Å². The number of alkyl halides is 2. The van der Waals surface area contributed by atoms with Crippen molar-refractivity contribution >= 4 is 6.08 Å². The molecule has 0 amide bonds. The third-order valence-electron chi connectivity index (χ3n) is 1.70. The molecule has 1 rings (SSSR count). The fourth-order valence-corrected chi connectivity index (χ4v) is 1.04. The molecule has 0 aliphatic rings. The van der Waals surface area contributed by atoms with E-state index in [1.54, 1.807) is 6.92 Å². The molecule has 0 spiro atoms. The van der Waals surface area contributed by atoms with Crippen LogP contribution in [-0.4, -0.2) is 12.7 Å². The SMILES string of the molecule is CCOc1ccc(C(F)(F)N=C=O)cc1. The molecule has 1 aromatic rings. The minimum absolute atomic E-state index is 0.366. The first kappa shape index (κ1) is 11.3. The standard InChI is InChI=1S/C10H9F2NO2/c1-2-15-9-5-3-8(4-6-9)10(11,12)13-7-14/h3-6H,2H2,1H3. The molecule has 0 atom stereocenters. The highest BCUT2D eigenvalue weighted by Crippen LogP contribution is 2.29. The number of isocyanates is 1. The first-order chi connectivity index (χ1) is 7.10. The summed E-state index contributed by atoms with van der Waals surface area (Å²) < 4.78 is 31.1. The predicted molar refractivity (Wildman–Crippen MR) is 49.6 cm³/mol. The van der Waals surface area contributed by atoms with Gasteiger partial charge in [0.2, 0.25) is 6.08 Å². The van der Waals surface area contributed by atoms with Crippen molar-refractivity contribution < 1.29 is 18.3 Å². The molecule has 0 aliphatic carbocycles. The zero-order valence-electron chi connectivity index (χ0n) is 8.04. The summed E-state index contributed by atoms with van der Waals surface area (Å²) in [5.41, 5.74) is -0.366. The van der Waals surface area contributed by atoms with Gasteiger partial charge >= 0.3 is 6.05 Å². The molecule has 0 saturated carbocycles. The summed E-state index contributed by atoms with van der Waals surface area (Å²) in [7, 11) is 0. The molecule has 0 fully saturated rings. The highest BCUT2D eigenvalue weighted by Gasteiger charge is 2.30. The molecule has 1 aromatic carbocycles. The average Bonchev–Trinajstić information content (AvgIpc) is 2.19. The van der Waals surface area contributed by atoms with Crippen LogP contribution in [-0.2, 0) is 10.8 Å². The van der Waals surface area contributed by atoms with Crippen molar-refractivity contribution in [3.05, 3.63) is 29.8 Å². The van der Waals surface area contributed by atoms with Gasteiger partial charge in [0.15, 0.2) is 0 Å². The Balaban J connectivity index is 2.92. The summed E-state index contributed by atoms with van der Waals surface area (Å²) in [5, 5.41) is 0. The topological polar surface area (TPSA) is 38.7 Å². The normalized spacial score (nSPS) is 10.6. The van der Waals surface area contributed by atoms with Gasteiger partial charge in [-0.2, -0.15) is 8.78 Å². The number of hydrogen-bond acceptors (Lipinski definition) is 3. The Morgan fingerprint density at radius 3 is 2.47 bits per heavy atom. The maximum Gasteiger partial charge on any atom is 0.379 e. The second-order valence-corrected chi connectivity index (χ2v) is 2.70. The zero-order valence-corrected chi connectivity index (χ0v) is 8.04. The van der Waals surface area contributed by atoms with Gasteiger partial charge in [-0.1, -0.05) is 0 Å². The van der Waals surface area contributed by atoms with Crippen LogP contribution in [0.25, 0.3) is 0 Å². The number of benzene rings is 1. The van der Waals surface area contributed by atoms with Crippen LogP contribution in [0.15, 0.2) is 29.3 Å². The Kier molecular flexibility index (Phi) is 3.52. The lowest BCUT2D eigenvalue weighted by atomic mass is 10.2. The van der Waals surface area contributed by atoms with Gasteiger partial charge in [0, 0.05) is 5.56 Å². The van der Waals surface area contributed by atoms with Gasteiger partial charge in [-0.25, -0.2) is 4.79 Å². The second kappa shape index (κ2) is 4.66. The van der Waals surface area contributed by atoms with Crippen molar-refractivity contribution in [3.63, 3.8) is 0 Å². The minimum atomic E-state index is -3.52. The van der Waals surface area contributed by atoms with Gasteiger partial charge in [-0.05, 0) is 31.2 Å². The monoisotopic (exact) mass is 213 g/mol. The largest absolute Gasteiger partial charge is 0.494 e.